The van der Waals surface area contributed by atoms with E-state index in [1.165, 1.54) is 44.5 Å². The highest BCUT2D eigenvalue weighted by Crippen LogP contribution is 2.19. The minimum atomic E-state index is -0.214. The van der Waals surface area contributed by atoms with Crippen LogP contribution in [0.3, 0.4) is 0 Å². The summed E-state index contributed by atoms with van der Waals surface area (Å²) >= 11 is 0. The molecule has 0 radical (unpaired) electrons. The van der Waals surface area contributed by atoms with Gasteiger partial charge in [-0.1, -0.05) is 6.42 Å². The lowest BCUT2D eigenvalue weighted by Gasteiger charge is -2.26. The Morgan fingerprint density at radius 3 is 2.79 bits per heavy atom. The van der Waals surface area contributed by atoms with Gasteiger partial charge in [-0.25, -0.2) is 4.39 Å². The van der Waals surface area contributed by atoms with Crippen molar-refractivity contribution in [2.75, 3.05) is 33.3 Å². The number of nitrogens with one attached hydrogen (secondary N) is 1. The average molecular weight is 266 g/mol. The van der Waals surface area contributed by atoms with Crippen molar-refractivity contribution in [2.24, 2.45) is 0 Å². The summed E-state index contributed by atoms with van der Waals surface area (Å²) < 4.78 is 19.0. The molecule has 1 aliphatic rings. The Bertz CT molecular complexity index is 392. The number of hydrogen-bond donors (Lipinski definition) is 1. The largest absolute Gasteiger partial charge is 0.492 e. The summed E-state index contributed by atoms with van der Waals surface area (Å²) in [7, 11) is 1.85. The van der Waals surface area contributed by atoms with E-state index in [0.717, 1.165) is 17.9 Å². The number of likely N-dealkylation sites (tertiary alicyclic amines) is 1. The fraction of sp³-hybridized carbons (Fsp3) is 0.600. The highest BCUT2D eigenvalue weighted by atomic mass is 19.1. The molecule has 1 aromatic carbocycles. The third kappa shape index (κ3) is 4.48. The third-order valence-electron chi connectivity index (χ3n) is 3.50. The standard InChI is InChI=1S/C15H23FN2O/c1-17-12-13-11-14(16)5-6-15(13)19-10-9-18-7-3-2-4-8-18/h5-6,11,17H,2-4,7-10,12H2,1H3. The van der Waals surface area contributed by atoms with Gasteiger partial charge in [-0.05, 0) is 51.2 Å². The maximum Gasteiger partial charge on any atom is 0.124 e. The van der Waals surface area contributed by atoms with Crippen molar-refractivity contribution in [1.82, 2.24) is 10.2 Å². The molecule has 1 saturated heterocycles. The third-order valence-corrected chi connectivity index (χ3v) is 3.50. The van der Waals surface area contributed by atoms with E-state index in [-0.39, 0.29) is 5.82 Å². The normalized spacial score (nSPS) is 16.5. The maximum absolute atomic E-state index is 13.2. The lowest BCUT2D eigenvalue weighted by molar-refractivity contribution is 0.182. The summed E-state index contributed by atoms with van der Waals surface area (Å²) in [5.41, 5.74) is 0.876. The Hall–Kier alpha value is -1.13. The predicted octanol–water partition coefficient (Wildman–Crippen LogP) is 2.41. The summed E-state index contributed by atoms with van der Waals surface area (Å²) in [5.74, 6) is 0.571. The average Bonchev–Trinajstić information content (AvgIpc) is 2.43. The molecule has 4 heteroatoms. The first-order valence-corrected chi connectivity index (χ1v) is 7.08. The van der Waals surface area contributed by atoms with E-state index in [1.807, 2.05) is 7.05 Å². The SMILES string of the molecule is CNCc1cc(F)ccc1OCCN1CCCCC1. The summed E-state index contributed by atoms with van der Waals surface area (Å²) in [4.78, 5) is 2.44. The topological polar surface area (TPSA) is 24.5 Å². The molecule has 0 aliphatic carbocycles. The molecule has 0 bridgehead atoms. The molecule has 1 aliphatic heterocycles. The quantitative estimate of drug-likeness (QED) is 0.855. The number of halogens is 1. The molecule has 0 atom stereocenters. The second-order valence-electron chi connectivity index (χ2n) is 5.03. The highest BCUT2D eigenvalue weighted by molar-refractivity contribution is 5.33. The fourth-order valence-electron chi connectivity index (χ4n) is 2.49. The van der Waals surface area contributed by atoms with Crippen LogP contribution >= 0.6 is 0 Å². The van der Waals surface area contributed by atoms with Gasteiger partial charge in [0.15, 0.2) is 0 Å². The molecule has 2 rings (SSSR count). The molecular formula is C15H23FN2O. The molecule has 1 heterocycles. The molecule has 19 heavy (non-hydrogen) atoms. The summed E-state index contributed by atoms with van der Waals surface area (Å²) in [6, 6.07) is 4.71. The molecule has 0 spiro atoms. The maximum atomic E-state index is 13.2. The van der Waals surface area contributed by atoms with Gasteiger partial charge in [-0.3, -0.25) is 4.90 Å². The van der Waals surface area contributed by atoms with E-state index in [2.05, 4.69) is 10.2 Å². The number of nitrogens with zero attached hydrogens (tertiary/aromatic N) is 1. The van der Waals surface area contributed by atoms with Gasteiger partial charge >= 0.3 is 0 Å². The van der Waals surface area contributed by atoms with Crippen LogP contribution in [0.5, 0.6) is 5.75 Å². The zero-order chi connectivity index (χ0) is 13.5. The molecular weight excluding hydrogens is 243 g/mol. The molecule has 0 amide bonds. The van der Waals surface area contributed by atoms with Crippen molar-refractivity contribution in [3.63, 3.8) is 0 Å². The second kappa shape index (κ2) is 7.46. The van der Waals surface area contributed by atoms with E-state index < -0.39 is 0 Å². The van der Waals surface area contributed by atoms with Crippen LogP contribution in [-0.2, 0) is 6.54 Å². The van der Waals surface area contributed by atoms with E-state index in [0.29, 0.717) is 13.2 Å². The number of piperidine rings is 1. The fourth-order valence-corrected chi connectivity index (χ4v) is 2.49. The summed E-state index contributed by atoms with van der Waals surface area (Å²) in [5, 5.41) is 3.03. The van der Waals surface area contributed by atoms with Crippen molar-refractivity contribution in [2.45, 2.75) is 25.8 Å². The number of ether oxygens (including phenoxy) is 1. The van der Waals surface area contributed by atoms with Crippen molar-refractivity contribution in [3.8, 4) is 5.75 Å². The molecule has 106 valence electrons. The zero-order valence-electron chi connectivity index (χ0n) is 11.6. The highest BCUT2D eigenvalue weighted by Gasteiger charge is 2.10. The predicted molar refractivity (Wildman–Crippen MR) is 74.9 cm³/mol. The Balaban J connectivity index is 1.84. The Morgan fingerprint density at radius 2 is 2.05 bits per heavy atom. The monoisotopic (exact) mass is 266 g/mol. The first-order valence-electron chi connectivity index (χ1n) is 7.08. The Labute approximate surface area is 114 Å². The van der Waals surface area contributed by atoms with Crippen molar-refractivity contribution < 1.29 is 9.13 Å². The zero-order valence-corrected chi connectivity index (χ0v) is 11.6. The van der Waals surface area contributed by atoms with Crippen LogP contribution in [0.15, 0.2) is 18.2 Å². The van der Waals surface area contributed by atoms with Crippen molar-refractivity contribution in [3.05, 3.63) is 29.6 Å². The van der Waals surface area contributed by atoms with Gasteiger partial charge in [0.1, 0.15) is 18.2 Å². The molecule has 1 N–H and O–H groups in total. The molecule has 0 unspecified atom stereocenters. The van der Waals surface area contributed by atoms with Crippen LogP contribution in [0, 0.1) is 5.82 Å². The first kappa shape index (κ1) is 14.3. The minimum Gasteiger partial charge on any atom is -0.492 e. The molecule has 3 nitrogen and oxygen atoms in total. The van der Waals surface area contributed by atoms with Gasteiger partial charge in [0.2, 0.25) is 0 Å². The number of hydrogen-bond acceptors (Lipinski definition) is 3. The van der Waals surface area contributed by atoms with Gasteiger partial charge < -0.3 is 10.1 Å². The molecule has 0 aromatic heterocycles. The van der Waals surface area contributed by atoms with Gasteiger partial charge in [0.05, 0.1) is 0 Å². The van der Waals surface area contributed by atoms with Crippen LogP contribution in [0.1, 0.15) is 24.8 Å². The lowest BCUT2D eigenvalue weighted by atomic mass is 10.1. The van der Waals surface area contributed by atoms with Gasteiger partial charge in [-0.2, -0.15) is 0 Å². The van der Waals surface area contributed by atoms with Gasteiger partial charge in [0, 0.05) is 18.7 Å². The van der Waals surface area contributed by atoms with E-state index in [9.17, 15) is 4.39 Å². The van der Waals surface area contributed by atoms with Crippen molar-refractivity contribution in [1.29, 1.82) is 0 Å². The van der Waals surface area contributed by atoms with E-state index in [1.54, 1.807) is 6.07 Å². The lowest BCUT2D eigenvalue weighted by Crippen LogP contribution is -2.33. The molecule has 1 aromatic rings. The summed E-state index contributed by atoms with van der Waals surface area (Å²) in [6.07, 6.45) is 3.94. The molecule has 1 fully saturated rings. The van der Waals surface area contributed by atoms with E-state index >= 15 is 0 Å². The van der Waals surface area contributed by atoms with Gasteiger partial charge in [-0.15, -0.1) is 0 Å². The Morgan fingerprint density at radius 1 is 1.26 bits per heavy atom. The first-order chi connectivity index (χ1) is 9.29. The van der Waals surface area contributed by atoms with E-state index in [4.69, 9.17) is 4.74 Å². The minimum absolute atomic E-state index is 0.214. The van der Waals surface area contributed by atoms with Crippen molar-refractivity contribution >= 4 is 0 Å². The number of rotatable bonds is 6. The number of benzene rings is 1. The second-order valence-corrected chi connectivity index (χ2v) is 5.03. The molecule has 0 saturated carbocycles. The summed E-state index contributed by atoms with van der Waals surface area (Å²) in [6.45, 7) is 4.60. The van der Waals surface area contributed by atoms with Crippen LogP contribution < -0.4 is 10.1 Å². The van der Waals surface area contributed by atoms with Gasteiger partial charge in [0.25, 0.3) is 0 Å². The van der Waals surface area contributed by atoms with Crippen LogP contribution in [0.25, 0.3) is 0 Å². The van der Waals surface area contributed by atoms with Crippen LogP contribution in [-0.4, -0.2) is 38.2 Å². The Kier molecular flexibility index (Phi) is 5.61. The smallest absolute Gasteiger partial charge is 0.124 e. The van der Waals surface area contributed by atoms with Crippen LogP contribution in [0.4, 0.5) is 4.39 Å². The van der Waals surface area contributed by atoms with Crippen LogP contribution in [0.2, 0.25) is 0 Å².